The van der Waals surface area contributed by atoms with Gasteiger partial charge in [-0.1, -0.05) is 45.0 Å². The molecule has 0 spiro atoms. The highest BCUT2D eigenvalue weighted by Crippen LogP contribution is 2.27. The van der Waals surface area contributed by atoms with Crippen LogP contribution >= 0.6 is 22.6 Å². The zero-order chi connectivity index (χ0) is 15.6. The first-order valence-corrected chi connectivity index (χ1v) is 8.17. The molecule has 1 nitrogen and oxygen atoms in total. The fourth-order valence-corrected chi connectivity index (χ4v) is 2.83. The molecule has 2 rings (SSSR count). The van der Waals surface area contributed by atoms with Crippen LogP contribution in [0.4, 0.5) is 10.1 Å². The van der Waals surface area contributed by atoms with Crippen LogP contribution < -0.4 is 5.32 Å². The molecule has 21 heavy (non-hydrogen) atoms. The minimum absolute atomic E-state index is 0.168. The molecule has 0 aliphatic heterocycles. The summed E-state index contributed by atoms with van der Waals surface area (Å²) in [5.74, 6) is -0.202. The zero-order valence-electron chi connectivity index (χ0n) is 12.9. The molecule has 1 unspecified atom stereocenters. The van der Waals surface area contributed by atoms with E-state index in [2.05, 4.69) is 79.9 Å². The van der Waals surface area contributed by atoms with Crippen LogP contribution in [-0.2, 0) is 5.41 Å². The zero-order valence-corrected chi connectivity index (χ0v) is 15.0. The van der Waals surface area contributed by atoms with Gasteiger partial charge in [0.25, 0.3) is 0 Å². The van der Waals surface area contributed by atoms with Crippen molar-refractivity contribution in [1.29, 1.82) is 0 Å². The van der Waals surface area contributed by atoms with Crippen molar-refractivity contribution in [3.05, 3.63) is 63.0 Å². The van der Waals surface area contributed by atoms with Crippen LogP contribution in [0.5, 0.6) is 0 Å². The molecule has 0 saturated heterocycles. The highest BCUT2D eigenvalue weighted by Gasteiger charge is 2.14. The summed E-state index contributed by atoms with van der Waals surface area (Å²) in [4.78, 5) is 0. The van der Waals surface area contributed by atoms with Crippen LogP contribution in [0.3, 0.4) is 0 Å². The molecule has 2 aromatic rings. The number of hydrogen-bond donors (Lipinski definition) is 1. The van der Waals surface area contributed by atoms with Crippen LogP contribution in [0, 0.1) is 9.39 Å². The Balaban J connectivity index is 2.15. The molecule has 0 aromatic heterocycles. The van der Waals surface area contributed by atoms with Gasteiger partial charge in [-0.2, -0.15) is 0 Å². The Morgan fingerprint density at radius 3 is 2.19 bits per heavy atom. The quantitative estimate of drug-likeness (QED) is 0.636. The molecule has 2 aromatic carbocycles. The van der Waals surface area contributed by atoms with E-state index in [4.69, 9.17) is 0 Å². The van der Waals surface area contributed by atoms with Gasteiger partial charge in [0, 0.05) is 15.3 Å². The Hall–Kier alpha value is -1.10. The van der Waals surface area contributed by atoms with E-state index in [1.807, 2.05) is 0 Å². The molecular weight excluding hydrogens is 376 g/mol. The normalized spacial score (nSPS) is 13.0. The summed E-state index contributed by atoms with van der Waals surface area (Å²) >= 11 is 2.15. The Morgan fingerprint density at radius 2 is 1.67 bits per heavy atom. The minimum Gasteiger partial charge on any atom is -0.378 e. The maximum absolute atomic E-state index is 13.1. The van der Waals surface area contributed by atoms with Crippen molar-refractivity contribution >= 4 is 28.3 Å². The van der Waals surface area contributed by atoms with E-state index in [0.717, 1.165) is 9.26 Å². The van der Waals surface area contributed by atoms with Crippen LogP contribution in [0.2, 0.25) is 0 Å². The molecule has 1 atom stereocenters. The van der Waals surface area contributed by atoms with Crippen molar-refractivity contribution in [3.63, 3.8) is 0 Å². The SMILES string of the molecule is CC(Nc1ccc(F)cc1I)c1ccc(C(C)(C)C)cc1. The lowest BCUT2D eigenvalue weighted by atomic mass is 9.86. The number of hydrogen-bond acceptors (Lipinski definition) is 1. The summed E-state index contributed by atoms with van der Waals surface area (Å²) in [7, 11) is 0. The third-order valence-corrected chi connectivity index (χ3v) is 4.47. The van der Waals surface area contributed by atoms with Crippen molar-refractivity contribution in [1.82, 2.24) is 0 Å². The van der Waals surface area contributed by atoms with Crippen molar-refractivity contribution in [2.45, 2.75) is 39.2 Å². The number of rotatable bonds is 3. The van der Waals surface area contributed by atoms with Crippen molar-refractivity contribution in [2.75, 3.05) is 5.32 Å². The van der Waals surface area contributed by atoms with Gasteiger partial charge in [0.1, 0.15) is 5.82 Å². The van der Waals surface area contributed by atoms with Crippen LogP contribution in [0.25, 0.3) is 0 Å². The van der Waals surface area contributed by atoms with Gasteiger partial charge < -0.3 is 5.32 Å². The second-order valence-electron chi connectivity index (χ2n) is 6.36. The topological polar surface area (TPSA) is 12.0 Å². The molecule has 0 fully saturated rings. The molecule has 0 amide bonds. The van der Waals surface area contributed by atoms with Crippen LogP contribution in [-0.4, -0.2) is 0 Å². The predicted octanol–water partition coefficient (Wildman–Crippen LogP) is 5.90. The molecule has 0 heterocycles. The van der Waals surface area contributed by atoms with E-state index in [0.29, 0.717) is 0 Å². The summed E-state index contributed by atoms with van der Waals surface area (Å²) in [5.41, 5.74) is 3.68. The van der Waals surface area contributed by atoms with E-state index in [9.17, 15) is 4.39 Å². The number of halogens is 2. The second kappa shape index (κ2) is 6.34. The van der Waals surface area contributed by atoms with Gasteiger partial charge in [-0.15, -0.1) is 0 Å². The lowest BCUT2D eigenvalue weighted by molar-refractivity contribution is 0.589. The molecule has 3 heteroatoms. The standard InChI is InChI=1S/C18H21FIN/c1-12(21-17-10-9-15(19)11-16(17)20)13-5-7-14(8-6-13)18(2,3)4/h5-12,21H,1-4H3. The Morgan fingerprint density at radius 1 is 1.05 bits per heavy atom. The maximum Gasteiger partial charge on any atom is 0.124 e. The number of benzene rings is 2. The molecule has 0 aliphatic rings. The predicted molar refractivity (Wildman–Crippen MR) is 96.3 cm³/mol. The fraction of sp³-hybridized carbons (Fsp3) is 0.333. The van der Waals surface area contributed by atoms with E-state index in [-0.39, 0.29) is 17.3 Å². The average molecular weight is 397 g/mol. The fourth-order valence-electron chi connectivity index (χ4n) is 2.19. The maximum atomic E-state index is 13.1. The van der Waals surface area contributed by atoms with Gasteiger partial charge in [0.15, 0.2) is 0 Å². The molecule has 0 bridgehead atoms. The van der Waals surface area contributed by atoms with Gasteiger partial charge in [-0.25, -0.2) is 4.39 Å². The smallest absolute Gasteiger partial charge is 0.124 e. The highest BCUT2D eigenvalue weighted by atomic mass is 127. The Bertz CT molecular complexity index is 614. The molecule has 112 valence electrons. The molecule has 0 saturated carbocycles. The Labute approximate surface area is 140 Å². The number of anilines is 1. The van der Waals surface area contributed by atoms with Crippen molar-refractivity contribution < 1.29 is 4.39 Å². The second-order valence-corrected chi connectivity index (χ2v) is 7.52. The summed E-state index contributed by atoms with van der Waals surface area (Å²) in [5, 5.41) is 3.44. The first-order valence-electron chi connectivity index (χ1n) is 7.09. The number of nitrogens with one attached hydrogen (secondary N) is 1. The molecular formula is C18H21FIN. The summed E-state index contributed by atoms with van der Waals surface area (Å²) in [6, 6.07) is 13.7. The van der Waals surface area contributed by atoms with Gasteiger partial charge in [-0.05, 0) is 64.3 Å². The van der Waals surface area contributed by atoms with Crippen molar-refractivity contribution in [2.24, 2.45) is 0 Å². The van der Waals surface area contributed by atoms with Gasteiger partial charge in [0.2, 0.25) is 0 Å². The van der Waals surface area contributed by atoms with Gasteiger partial charge >= 0.3 is 0 Å². The summed E-state index contributed by atoms with van der Waals surface area (Å²) in [6.07, 6.45) is 0. The molecule has 0 radical (unpaired) electrons. The summed E-state index contributed by atoms with van der Waals surface area (Å²) in [6.45, 7) is 8.76. The van der Waals surface area contributed by atoms with Gasteiger partial charge in [-0.3, -0.25) is 0 Å². The Kier molecular flexibility index (Phi) is 4.91. The third kappa shape index (κ3) is 4.19. The third-order valence-electron chi connectivity index (χ3n) is 3.58. The first-order chi connectivity index (χ1) is 9.77. The van der Waals surface area contributed by atoms with E-state index < -0.39 is 0 Å². The lowest BCUT2D eigenvalue weighted by Gasteiger charge is -2.21. The van der Waals surface area contributed by atoms with Gasteiger partial charge in [0.05, 0.1) is 0 Å². The lowest BCUT2D eigenvalue weighted by Crippen LogP contribution is -2.12. The van der Waals surface area contributed by atoms with E-state index >= 15 is 0 Å². The van der Waals surface area contributed by atoms with Crippen LogP contribution in [0.1, 0.15) is 44.9 Å². The molecule has 1 N–H and O–H groups in total. The summed E-state index contributed by atoms with van der Waals surface area (Å²) < 4.78 is 14.0. The van der Waals surface area contributed by atoms with Crippen LogP contribution in [0.15, 0.2) is 42.5 Å². The molecule has 0 aliphatic carbocycles. The first kappa shape index (κ1) is 16.3. The van der Waals surface area contributed by atoms with E-state index in [1.54, 1.807) is 6.07 Å². The average Bonchev–Trinajstić information content (AvgIpc) is 2.41. The van der Waals surface area contributed by atoms with E-state index in [1.165, 1.54) is 23.3 Å². The minimum atomic E-state index is -0.202. The monoisotopic (exact) mass is 397 g/mol. The van der Waals surface area contributed by atoms with Crippen molar-refractivity contribution in [3.8, 4) is 0 Å². The largest absolute Gasteiger partial charge is 0.378 e. The highest BCUT2D eigenvalue weighted by molar-refractivity contribution is 14.1.